The minimum atomic E-state index is 0.727. The van der Waals surface area contributed by atoms with Gasteiger partial charge in [0.1, 0.15) is 0 Å². The minimum Gasteiger partial charge on any atom is -0.161 e. The summed E-state index contributed by atoms with van der Waals surface area (Å²) in [4.78, 5) is 0. The Bertz CT molecular complexity index is 472. The Kier molecular flexibility index (Phi) is 2.69. The van der Waals surface area contributed by atoms with Crippen molar-refractivity contribution in [1.82, 2.24) is 10.3 Å². The topological polar surface area (TPSA) is 35.5 Å². The van der Waals surface area contributed by atoms with Gasteiger partial charge in [0.15, 0.2) is 0 Å². The summed E-state index contributed by atoms with van der Waals surface area (Å²) in [6.45, 7) is 0. The lowest BCUT2D eigenvalue weighted by Crippen LogP contribution is -2.28. The number of benzene rings is 1. The molecular formula is C9H10N3S2+. The molecule has 2 rings (SSSR count). The molecule has 0 aliphatic rings. The van der Waals surface area contributed by atoms with Gasteiger partial charge in [0.05, 0.1) is 11.9 Å². The highest BCUT2D eigenvalue weighted by Crippen LogP contribution is 2.15. The standard InChI is InChI=1S/C9H9N3S2/c1-14-12-8(9(13)10-11-12)7-5-3-2-4-6-7/h2-6,13H,1H3/p+1. The number of H-pyrrole nitrogens is 2. The van der Waals surface area contributed by atoms with Crippen LogP contribution in [0.5, 0.6) is 0 Å². The summed E-state index contributed by atoms with van der Waals surface area (Å²) < 4.78 is 2.64. The van der Waals surface area contributed by atoms with E-state index < -0.39 is 0 Å². The number of aromatic nitrogens is 3. The molecule has 0 atom stereocenters. The molecule has 1 aromatic carbocycles. The molecule has 0 bridgehead atoms. The highest BCUT2D eigenvalue weighted by Gasteiger charge is 2.14. The van der Waals surface area contributed by atoms with Crippen LogP contribution in [0.15, 0.2) is 30.3 Å². The van der Waals surface area contributed by atoms with Gasteiger partial charge in [0, 0.05) is 11.8 Å². The third-order valence-electron chi connectivity index (χ3n) is 1.92. The zero-order chi connectivity index (χ0) is 9.97. The van der Waals surface area contributed by atoms with Crippen molar-refractivity contribution in [3.8, 4) is 11.3 Å². The van der Waals surface area contributed by atoms with Gasteiger partial charge in [-0.3, -0.25) is 0 Å². The molecule has 0 saturated heterocycles. The van der Waals surface area contributed by atoms with Gasteiger partial charge < -0.3 is 0 Å². The second-order valence-corrected chi connectivity index (χ2v) is 3.90. The van der Waals surface area contributed by atoms with Crippen molar-refractivity contribution in [3.05, 3.63) is 35.0 Å². The van der Waals surface area contributed by atoms with Crippen LogP contribution in [0.1, 0.15) is 0 Å². The molecule has 3 nitrogen and oxygen atoms in total. The number of nitrogens with zero attached hydrogens (tertiary/aromatic N) is 1. The molecular weight excluding hydrogens is 214 g/mol. The van der Waals surface area contributed by atoms with Crippen molar-refractivity contribution in [2.45, 2.75) is 0 Å². The maximum absolute atomic E-state index is 5.20. The summed E-state index contributed by atoms with van der Waals surface area (Å²) >= 11 is 6.77. The molecule has 0 saturated carbocycles. The molecule has 0 spiro atoms. The second kappa shape index (κ2) is 3.98. The van der Waals surface area contributed by atoms with E-state index in [1.807, 2.05) is 40.7 Å². The number of hydrogen-bond donors (Lipinski definition) is 2. The fourth-order valence-electron chi connectivity index (χ4n) is 1.29. The zero-order valence-corrected chi connectivity index (χ0v) is 9.28. The van der Waals surface area contributed by atoms with Crippen molar-refractivity contribution in [1.29, 1.82) is 0 Å². The summed E-state index contributed by atoms with van der Waals surface area (Å²) in [5.74, 6) is 0. The van der Waals surface area contributed by atoms with Crippen LogP contribution in [-0.2, 0) is 0 Å². The lowest BCUT2D eigenvalue weighted by molar-refractivity contribution is -0.553. The lowest BCUT2D eigenvalue weighted by atomic mass is 10.2. The Balaban J connectivity index is 2.61. The first-order valence-electron chi connectivity index (χ1n) is 4.15. The molecule has 0 fully saturated rings. The molecule has 1 aromatic heterocycles. The molecule has 0 unspecified atom stereocenters. The third kappa shape index (κ3) is 1.60. The quantitative estimate of drug-likeness (QED) is 0.605. The van der Waals surface area contributed by atoms with E-state index in [4.69, 9.17) is 12.2 Å². The molecule has 0 aliphatic carbocycles. The molecule has 1 heterocycles. The van der Waals surface area contributed by atoms with Crippen molar-refractivity contribution in [2.24, 2.45) is 0 Å². The predicted octanol–water partition coefficient (Wildman–Crippen LogP) is 2.15. The highest BCUT2D eigenvalue weighted by molar-refractivity contribution is 7.92. The van der Waals surface area contributed by atoms with Crippen LogP contribution < -0.4 is 4.09 Å². The molecule has 0 aliphatic heterocycles. The molecule has 0 amide bonds. The SMILES string of the molecule is CS[n+]1[nH][nH]c(=S)c1-c1ccccc1. The second-order valence-electron chi connectivity index (χ2n) is 2.76. The van der Waals surface area contributed by atoms with E-state index in [0.717, 1.165) is 15.9 Å². The van der Waals surface area contributed by atoms with Gasteiger partial charge in [0.2, 0.25) is 5.69 Å². The summed E-state index contributed by atoms with van der Waals surface area (Å²) in [6, 6.07) is 10.1. The van der Waals surface area contributed by atoms with Crippen LogP contribution in [-0.4, -0.2) is 16.6 Å². The predicted molar refractivity (Wildman–Crippen MR) is 60.5 cm³/mol. The van der Waals surface area contributed by atoms with Crippen LogP contribution in [0.4, 0.5) is 0 Å². The van der Waals surface area contributed by atoms with Crippen LogP contribution in [0.2, 0.25) is 0 Å². The van der Waals surface area contributed by atoms with Crippen LogP contribution >= 0.6 is 24.2 Å². The normalized spacial score (nSPS) is 10.4. The number of nitrogens with one attached hydrogen (secondary N) is 2. The Morgan fingerprint density at radius 1 is 1.29 bits per heavy atom. The Morgan fingerprint density at radius 2 is 2.00 bits per heavy atom. The maximum Gasteiger partial charge on any atom is 0.259 e. The average Bonchev–Trinajstić information content (AvgIpc) is 2.61. The van der Waals surface area contributed by atoms with Crippen molar-refractivity contribution in [3.63, 3.8) is 0 Å². The van der Waals surface area contributed by atoms with Gasteiger partial charge >= 0.3 is 0 Å². The summed E-state index contributed by atoms with van der Waals surface area (Å²) in [5, 5.41) is 5.89. The van der Waals surface area contributed by atoms with Gasteiger partial charge in [-0.2, -0.15) is 5.10 Å². The van der Waals surface area contributed by atoms with E-state index >= 15 is 0 Å². The summed E-state index contributed by atoms with van der Waals surface area (Å²) in [7, 11) is 0. The maximum atomic E-state index is 5.20. The van der Waals surface area contributed by atoms with E-state index in [9.17, 15) is 0 Å². The zero-order valence-electron chi connectivity index (χ0n) is 7.65. The molecule has 2 aromatic rings. The Hall–Kier alpha value is -1.07. The first-order chi connectivity index (χ1) is 6.83. The first kappa shape index (κ1) is 9.48. The van der Waals surface area contributed by atoms with Crippen molar-refractivity contribution < 1.29 is 4.09 Å². The molecule has 72 valence electrons. The van der Waals surface area contributed by atoms with Gasteiger partial charge in [-0.1, -0.05) is 39.6 Å². The van der Waals surface area contributed by atoms with Crippen LogP contribution in [0.25, 0.3) is 11.3 Å². The molecule has 2 N–H and O–H groups in total. The van der Waals surface area contributed by atoms with Crippen molar-refractivity contribution >= 4 is 24.2 Å². The monoisotopic (exact) mass is 224 g/mol. The van der Waals surface area contributed by atoms with Crippen LogP contribution in [0, 0.1) is 4.64 Å². The highest BCUT2D eigenvalue weighted by atomic mass is 32.2. The summed E-state index contributed by atoms with van der Waals surface area (Å²) in [6.07, 6.45) is 1.99. The van der Waals surface area contributed by atoms with E-state index in [-0.39, 0.29) is 0 Å². The van der Waals surface area contributed by atoms with Crippen LogP contribution in [0.3, 0.4) is 0 Å². The average molecular weight is 224 g/mol. The van der Waals surface area contributed by atoms with E-state index in [2.05, 4.69) is 10.3 Å². The largest absolute Gasteiger partial charge is 0.259 e. The van der Waals surface area contributed by atoms with Gasteiger partial charge in [-0.15, -0.1) is 0 Å². The minimum absolute atomic E-state index is 0.727. The Morgan fingerprint density at radius 3 is 2.64 bits per heavy atom. The van der Waals surface area contributed by atoms with E-state index in [1.165, 1.54) is 0 Å². The summed E-state index contributed by atoms with van der Waals surface area (Å²) in [5.41, 5.74) is 2.12. The van der Waals surface area contributed by atoms with Gasteiger partial charge in [0.25, 0.3) is 4.64 Å². The van der Waals surface area contributed by atoms with Gasteiger partial charge in [-0.25, -0.2) is 0 Å². The smallest absolute Gasteiger partial charge is 0.161 e. The van der Waals surface area contributed by atoms with Gasteiger partial charge in [-0.05, 0) is 12.2 Å². The number of rotatable bonds is 2. The molecule has 5 heteroatoms. The van der Waals surface area contributed by atoms with E-state index in [1.54, 1.807) is 11.9 Å². The third-order valence-corrected chi connectivity index (χ3v) is 2.85. The Labute approximate surface area is 91.3 Å². The molecule has 14 heavy (non-hydrogen) atoms. The lowest BCUT2D eigenvalue weighted by Gasteiger charge is -1.94. The number of hydrogen-bond acceptors (Lipinski definition) is 2. The van der Waals surface area contributed by atoms with Crippen molar-refractivity contribution in [2.75, 3.05) is 6.26 Å². The molecule has 0 radical (unpaired) electrons. The van der Waals surface area contributed by atoms with E-state index in [0.29, 0.717) is 0 Å². The fourth-order valence-corrected chi connectivity index (χ4v) is 2.12. The fraction of sp³-hybridized carbons (Fsp3) is 0.111. The number of aromatic amines is 2. The first-order valence-corrected chi connectivity index (χ1v) is 5.74.